The van der Waals surface area contributed by atoms with Crippen LogP contribution in [0.3, 0.4) is 0 Å². The average molecular weight is 421 g/mol. The van der Waals surface area contributed by atoms with Crippen LogP contribution in [0.15, 0.2) is 48.7 Å². The fraction of sp³-hybridized carbons (Fsp3) is 0.238. The van der Waals surface area contributed by atoms with Gasteiger partial charge in [0.15, 0.2) is 5.65 Å². The van der Waals surface area contributed by atoms with Gasteiger partial charge in [-0.1, -0.05) is 35.9 Å². The maximum Gasteiger partial charge on any atom is 0.228 e. The monoisotopic (exact) mass is 420 g/mol. The number of halogens is 1. The van der Waals surface area contributed by atoms with E-state index in [0.29, 0.717) is 28.1 Å². The van der Waals surface area contributed by atoms with Crippen molar-refractivity contribution in [2.45, 2.75) is 0 Å². The van der Waals surface area contributed by atoms with Crippen LogP contribution in [0.1, 0.15) is 0 Å². The standard InChI is InChI=1S/C21H21ClN8/c1-28-19(23)17-18(14-6-2-3-7-15(14)22)25-21(26-20(17)27-28)30-12-10-29(11-13-30)16-8-4-5-9-24-16/h2-9H,10-13,23H2,1H3. The SMILES string of the molecule is Cn1nc2nc(N3CCN(c4ccccn4)CC3)nc(-c3ccccc3Cl)c2c1N. The van der Waals surface area contributed by atoms with Crippen LogP contribution in [0.25, 0.3) is 22.3 Å². The molecule has 1 aromatic carbocycles. The molecule has 1 saturated heterocycles. The Kier molecular flexibility index (Phi) is 4.63. The molecule has 9 heteroatoms. The molecule has 0 radical (unpaired) electrons. The Bertz CT molecular complexity index is 1200. The number of nitrogens with two attached hydrogens (primary N) is 1. The van der Waals surface area contributed by atoms with E-state index < -0.39 is 0 Å². The first-order valence-corrected chi connectivity index (χ1v) is 10.2. The number of fused-ring (bicyclic) bond motifs is 1. The van der Waals surface area contributed by atoms with Crippen molar-refractivity contribution in [3.63, 3.8) is 0 Å². The van der Waals surface area contributed by atoms with Crippen LogP contribution in [0.4, 0.5) is 17.6 Å². The first-order chi connectivity index (χ1) is 14.6. The van der Waals surface area contributed by atoms with Crippen LogP contribution in [0.2, 0.25) is 5.02 Å². The molecule has 0 saturated carbocycles. The molecule has 0 unspecified atom stereocenters. The molecule has 30 heavy (non-hydrogen) atoms. The zero-order chi connectivity index (χ0) is 20.7. The number of anilines is 3. The van der Waals surface area contributed by atoms with Gasteiger partial charge < -0.3 is 15.5 Å². The fourth-order valence-corrected chi connectivity index (χ4v) is 3.99. The summed E-state index contributed by atoms with van der Waals surface area (Å²) in [6.07, 6.45) is 1.82. The van der Waals surface area contributed by atoms with E-state index in [-0.39, 0.29) is 0 Å². The number of rotatable bonds is 3. The lowest BCUT2D eigenvalue weighted by atomic mass is 10.1. The summed E-state index contributed by atoms with van der Waals surface area (Å²) < 4.78 is 1.63. The number of hydrogen-bond acceptors (Lipinski definition) is 7. The normalized spacial score (nSPS) is 14.5. The summed E-state index contributed by atoms with van der Waals surface area (Å²) in [5, 5.41) is 5.84. The molecule has 1 aliphatic heterocycles. The molecule has 8 nitrogen and oxygen atoms in total. The molecule has 2 N–H and O–H groups in total. The predicted octanol–water partition coefficient (Wildman–Crippen LogP) is 2.99. The Morgan fingerprint density at radius 3 is 2.40 bits per heavy atom. The number of nitrogen functional groups attached to an aromatic ring is 1. The molecule has 4 aromatic rings. The van der Waals surface area contributed by atoms with Gasteiger partial charge in [-0.3, -0.25) is 4.68 Å². The van der Waals surface area contributed by atoms with E-state index in [2.05, 4.69) is 19.9 Å². The number of nitrogens with zero attached hydrogens (tertiary/aromatic N) is 7. The van der Waals surface area contributed by atoms with E-state index in [4.69, 9.17) is 27.3 Å². The lowest BCUT2D eigenvalue weighted by molar-refractivity contribution is 0.635. The van der Waals surface area contributed by atoms with Gasteiger partial charge in [0.1, 0.15) is 11.6 Å². The predicted molar refractivity (Wildman–Crippen MR) is 120 cm³/mol. The molecule has 1 aliphatic rings. The van der Waals surface area contributed by atoms with E-state index in [9.17, 15) is 0 Å². The Hall–Kier alpha value is -3.39. The zero-order valence-corrected chi connectivity index (χ0v) is 17.3. The summed E-state index contributed by atoms with van der Waals surface area (Å²) in [6, 6.07) is 13.6. The number of benzene rings is 1. The molecule has 0 aliphatic carbocycles. The molecule has 4 heterocycles. The van der Waals surface area contributed by atoms with Gasteiger partial charge in [-0.2, -0.15) is 10.1 Å². The van der Waals surface area contributed by atoms with Crippen LogP contribution in [-0.4, -0.2) is 50.9 Å². The molecule has 0 bridgehead atoms. The van der Waals surface area contributed by atoms with Gasteiger partial charge in [-0.15, -0.1) is 0 Å². The summed E-state index contributed by atoms with van der Waals surface area (Å²) >= 11 is 6.49. The summed E-state index contributed by atoms with van der Waals surface area (Å²) in [5.74, 6) is 2.14. The molecule has 0 amide bonds. The van der Waals surface area contributed by atoms with Crippen molar-refractivity contribution in [1.29, 1.82) is 0 Å². The second kappa shape index (κ2) is 7.46. The second-order valence-corrected chi connectivity index (χ2v) is 7.63. The van der Waals surface area contributed by atoms with Crippen LogP contribution in [0, 0.1) is 0 Å². The third-order valence-corrected chi connectivity index (χ3v) is 5.72. The Balaban J connectivity index is 1.52. The molecule has 0 spiro atoms. The topological polar surface area (TPSA) is 89.0 Å². The lowest BCUT2D eigenvalue weighted by Crippen LogP contribution is -2.47. The first kappa shape index (κ1) is 18.6. The molecular weight excluding hydrogens is 400 g/mol. The highest BCUT2D eigenvalue weighted by atomic mass is 35.5. The maximum atomic E-state index is 6.49. The third kappa shape index (κ3) is 3.19. The van der Waals surface area contributed by atoms with Gasteiger partial charge in [-0.25, -0.2) is 9.97 Å². The first-order valence-electron chi connectivity index (χ1n) is 9.78. The average Bonchev–Trinajstić information content (AvgIpc) is 3.08. The van der Waals surface area contributed by atoms with Crippen molar-refractivity contribution in [3.05, 3.63) is 53.7 Å². The van der Waals surface area contributed by atoms with Crippen molar-refractivity contribution in [2.24, 2.45) is 7.05 Å². The number of piperazine rings is 1. The van der Waals surface area contributed by atoms with E-state index in [1.54, 1.807) is 11.7 Å². The van der Waals surface area contributed by atoms with Crippen molar-refractivity contribution >= 4 is 40.2 Å². The molecular formula is C21H21ClN8. The van der Waals surface area contributed by atoms with Crippen molar-refractivity contribution < 1.29 is 0 Å². The van der Waals surface area contributed by atoms with Gasteiger partial charge >= 0.3 is 0 Å². The van der Waals surface area contributed by atoms with Crippen molar-refractivity contribution in [1.82, 2.24) is 24.7 Å². The minimum absolute atomic E-state index is 0.520. The van der Waals surface area contributed by atoms with Gasteiger partial charge in [-0.05, 0) is 18.2 Å². The van der Waals surface area contributed by atoms with Crippen LogP contribution >= 0.6 is 11.6 Å². The fourth-order valence-electron chi connectivity index (χ4n) is 3.77. The summed E-state index contributed by atoms with van der Waals surface area (Å²) in [6.45, 7) is 3.24. The van der Waals surface area contributed by atoms with Gasteiger partial charge in [0.05, 0.1) is 11.1 Å². The largest absolute Gasteiger partial charge is 0.383 e. The van der Waals surface area contributed by atoms with Crippen LogP contribution < -0.4 is 15.5 Å². The molecule has 5 rings (SSSR count). The van der Waals surface area contributed by atoms with Gasteiger partial charge in [0.2, 0.25) is 5.95 Å². The zero-order valence-electron chi connectivity index (χ0n) is 16.5. The molecule has 1 fully saturated rings. The van der Waals surface area contributed by atoms with Crippen LogP contribution in [-0.2, 0) is 7.05 Å². The van der Waals surface area contributed by atoms with Gasteiger partial charge in [0.25, 0.3) is 0 Å². The highest BCUT2D eigenvalue weighted by Crippen LogP contribution is 2.35. The van der Waals surface area contributed by atoms with E-state index >= 15 is 0 Å². The van der Waals surface area contributed by atoms with E-state index in [0.717, 1.165) is 42.9 Å². The number of pyridine rings is 1. The molecule has 152 valence electrons. The molecule has 3 aromatic heterocycles. The number of hydrogen-bond donors (Lipinski definition) is 1. The summed E-state index contributed by atoms with van der Waals surface area (Å²) in [7, 11) is 1.80. The van der Waals surface area contributed by atoms with Crippen molar-refractivity contribution in [3.8, 4) is 11.3 Å². The maximum absolute atomic E-state index is 6.49. The highest BCUT2D eigenvalue weighted by molar-refractivity contribution is 6.33. The second-order valence-electron chi connectivity index (χ2n) is 7.22. The summed E-state index contributed by atoms with van der Waals surface area (Å²) in [4.78, 5) is 18.5. The number of aromatic nitrogens is 5. The summed E-state index contributed by atoms with van der Waals surface area (Å²) in [5.41, 5.74) is 8.39. The minimum Gasteiger partial charge on any atom is -0.383 e. The van der Waals surface area contributed by atoms with E-state index in [1.165, 1.54) is 0 Å². The molecule has 0 atom stereocenters. The third-order valence-electron chi connectivity index (χ3n) is 5.39. The van der Waals surface area contributed by atoms with E-state index in [1.807, 2.05) is 48.7 Å². The van der Waals surface area contributed by atoms with Crippen LogP contribution in [0.5, 0.6) is 0 Å². The minimum atomic E-state index is 0.520. The smallest absolute Gasteiger partial charge is 0.228 e. The number of aryl methyl sites for hydroxylation is 1. The Labute approximate surface area is 178 Å². The van der Waals surface area contributed by atoms with Gasteiger partial charge in [0, 0.05) is 50.0 Å². The Morgan fingerprint density at radius 2 is 1.67 bits per heavy atom. The lowest BCUT2D eigenvalue weighted by Gasteiger charge is -2.35. The Morgan fingerprint density at radius 1 is 0.933 bits per heavy atom. The quantitative estimate of drug-likeness (QED) is 0.545. The van der Waals surface area contributed by atoms with Crippen molar-refractivity contribution in [2.75, 3.05) is 41.7 Å². The highest BCUT2D eigenvalue weighted by Gasteiger charge is 2.24.